The normalized spacial score (nSPS) is 13.0. The smallest absolute Gasteiger partial charge is 0.266 e. The Bertz CT molecular complexity index is 1050. The number of anilines is 1. The Morgan fingerprint density at radius 2 is 2.15 bits per heavy atom. The van der Waals surface area contributed by atoms with Gasteiger partial charge in [-0.05, 0) is 64.0 Å². The average Bonchev–Trinajstić information content (AvgIpc) is 3.20. The fraction of sp³-hybridized carbons (Fsp3) is 0.105. The highest BCUT2D eigenvalue weighted by Crippen LogP contribution is 2.30. The van der Waals surface area contributed by atoms with Crippen molar-refractivity contribution in [1.82, 2.24) is 9.88 Å². The predicted octanol–water partition coefficient (Wildman–Crippen LogP) is 4.81. The first-order valence-electron chi connectivity index (χ1n) is 8.09. The van der Waals surface area contributed by atoms with Crippen molar-refractivity contribution in [2.45, 2.75) is 13.1 Å². The summed E-state index contributed by atoms with van der Waals surface area (Å²) in [6, 6.07) is 13.2. The van der Waals surface area contributed by atoms with Crippen LogP contribution in [0, 0.1) is 3.57 Å². The van der Waals surface area contributed by atoms with Crippen LogP contribution < -0.4 is 5.32 Å². The van der Waals surface area contributed by atoms with Crippen LogP contribution in [0.3, 0.4) is 0 Å². The predicted molar refractivity (Wildman–Crippen MR) is 114 cm³/mol. The van der Waals surface area contributed by atoms with Crippen LogP contribution >= 0.6 is 45.5 Å². The summed E-state index contributed by atoms with van der Waals surface area (Å²) in [6.45, 7) is 1.01. The number of benzene rings is 1. The van der Waals surface area contributed by atoms with Crippen LogP contribution in [-0.2, 0) is 13.1 Å². The Labute approximate surface area is 178 Å². The summed E-state index contributed by atoms with van der Waals surface area (Å²) in [5.41, 5.74) is 2.38. The van der Waals surface area contributed by atoms with E-state index >= 15 is 0 Å². The molecule has 2 aromatic heterocycles. The van der Waals surface area contributed by atoms with Crippen molar-refractivity contribution in [3.8, 4) is 0 Å². The van der Waals surface area contributed by atoms with Gasteiger partial charge in [0, 0.05) is 22.9 Å². The zero-order valence-corrected chi connectivity index (χ0v) is 17.6. The van der Waals surface area contributed by atoms with Crippen LogP contribution in [0.15, 0.2) is 48.7 Å². The molecular formula is C19H13ClIN3O2S. The van der Waals surface area contributed by atoms with Crippen molar-refractivity contribution in [2.24, 2.45) is 0 Å². The highest BCUT2D eigenvalue weighted by Gasteiger charge is 2.31. The molecule has 1 aromatic carbocycles. The number of hydrogen-bond acceptors (Lipinski definition) is 4. The van der Waals surface area contributed by atoms with Gasteiger partial charge in [0.15, 0.2) is 0 Å². The Hall–Kier alpha value is -1.97. The number of pyridine rings is 1. The fourth-order valence-electron chi connectivity index (χ4n) is 2.99. The molecule has 0 saturated carbocycles. The number of carbonyl (C=O) groups excluding carboxylic acids is 2. The van der Waals surface area contributed by atoms with Crippen molar-refractivity contribution in [3.63, 3.8) is 0 Å². The first-order chi connectivity index (χ1) is 13.0. The van der Waals surface area contributed by atoms with Gasteiger partial charge in [-0.2, -0.15) is 0 Å². The van der Waals surface area contributed by atoms with Gasteiger partial charge in [-0.3, -0.25) is 9.59 Å². The molecule has 0 bridgehead atoms. The van der Waals surface area contributed by atoms with Gasteiger partial charge in [-0.1, -0.05) is 23.7 Å². The van der Waals surface area contributed by atoms with Crippen LogP contribution in [0.2, 0.25) is 4.34 Å². The Kier molecular flexibility index (Phi) is 5.16. The van der Waals surface area contributed by atoms with Crippen LogP contribution in [0.1, 0.15) is 31.2 Å². The zero-order chi connectivity index (χ0) is 19.0. The molecule has 0 atom stereocenters. The first kappa shape index (κ1) is 18.4. The number of thiophene rings is 1. The molecule has 0 fully saturated rings. The molecule has 4 rings (SSSR count). The van der Waals surface area contributed by atoms with Crippen molar-refractivity contribution in [3.05, 3.63) is 78.1 Å². The lowest BCUT2D eigenvalue weighted by atomic mass is 10.1. The maximum atomic E-state index is 12.9. The molecule has 1 aliphatic rings. The van der Waals surface area contributed by atoms with Crippen LogP contribution in [0.5, 0.6) is 0 Å². The third-order valence-corrected chi connectivity index (χ3v) is 6.09. The molecule has 8 heteroatoms. The standard InChI is InChI=1S/C19H13ClIN3O2S/c20-15-5-4-14(27-15)18(25)23-17-16-12(6-7-22-17)10-24(19(16)26)9-11-2-1-3-13(21)8-11/h1-8H,9-10H2,(H,22,23,25). The summed E-state index contributed by atoms with van der Waals surface area (Å²) < 4.78 is 1.66. The molecule has 136 valence electrons. The monoisotopic (exact) mass is 509 g/mol. The van der Waals surface area contributed by atoms with Crippen LogP contribution in [0.25, 0.3) is 0 Å². The third-order valence-electron chi connectivity index (χ3n) is 4.19. The van der Waals surface area contributed by atoms with Gasteiger partial charge in [0.2, 0.25) is 0 Å². The maximum Gasteiger partial charge on any atom is 0.266 e. The molecule has 2 amide bonds. The summed E-state index contributed by atoms with van der Waals surface area (Å²) in [5.74, 6) is -0.162. The van der Waals surface area contributed by atoms with Crippen LogP contribution in [0.4, 0.5) is 5.82 Å². The minimum absolute atomic E-state index is 0.128. The second-order valence-electron chi connectivity index (χ2n) is 6.04. The first-order valence-corrected chi connectivity index (χ1v) is 10.4. The van der Waals surface area contributed by atoms with Crippen molar-refractivity contribution >= 4 is 63.2 Å². The van der Waals surface area contributed by atoms with Gasteiger partial charge in [0.05, 0.1) is 14.8 Å². The zero-order valence-electron chi connectivity index (χ0n) is 13.9. The van der Waals surface area contributed by atoms with E-state index < -0.39 is 0 Å². The van der Waals surface area contributed by atoms with E-state index in [4.69, 9.17) is 11.6 Å². The van der Waals surface area contributed by atoms with E-state index in [0.717, 1.165) is 14.7 Å². The van der Waals surface area contributed by atoms with E-state index in [-0.39, 0.29) is 17.6 Å². The second kappa shape index (κ2) is 7.57. The van der Waals surface area contributed by atoms with Crippen LogP contribution in [-0.4, -0.2) is 21.7 Å². The van der Waals surface area contributed by atoms with Gasteiger partial charge in [-0.25, -0.2) is 4.98 Å². The van der Waals surface area contributed by atoms with Crippen molar-refractivity contribution < 1.29 is 9.59 Å². The highest BCUT2D eigenvalue weighted by atomic mass is 127. The Balaban J connectivity index is 1.57. The lowest BCUT2D eigenvalue weighted by Crippen LogP contribution is -2.24. The number of nitrogens with zero attached hydrogens (tertiary/aromatic N) is 2. The number of carbonyl (C=O) groups is 2. The summed E-state index contributed by atoms with van der Waals surface area (Å²) >= 11 is 9.33. The SMILES string of the molecule is O=C(Nc1nccc2c1C(=O)N(Cc1cccc(I)c1)C2)c1ccc(Cl)s1. The second-order valence-corrected chi connectivity index (χ2v) is 9.00. The maximum absolute atomic E-state index is 12.9. The third kappa shape index (κ3) is 3.85. The molecular weight excluding hydrogens is 497 g/mol. The molecule has 3 heterocycles. The van der Waals surface area contributed by atoms with Gasteiger partial charge >= 0.3 is 0 Å². The number of halogens is 2. The minimum atomic E-state index is -0.323. The van der Waals surface area contributed by atoms with Gasteiger partial charge < -0.3 is 10.2 Å². The molecule has 0 spiro atoms. The summed E-state index contributed by atoms with van der Waals surface area (Å²) in [7, 11) is 0. The topological polar surface area (TPSA) is 62.3 Å². The van der Waals surface area contributed by atoms with E-state index in [0.29, 0.717) is 27.9 Å². The van der Waals surface area contributed by atoms with Gasteiger partial charge in [0.25, 0.3) is 11.8 Å². The largest absolute Gasteiger partial charge is 0.330 e. The number of rotatable bonds is 4. The van der Waals surface area contributed by atoms with E-state index in [2.05, 4.69) is 39.0 Å². The summed E-state index contributed by atoms with van der Waals surface area (Å²) in [6.07, 6.45) is 1.61. The van der Waals surface area contributed by atoms with E-state index in [1.54, 1.807) is 23.2 Å². The molecule has 0 aliphatic carbocycles. The molecule has 0 unspecified atom stereocenters. The van der Waals surface area contributed by atoms with E-state index in [9.17, 15) is 9.59 Å². The van der Waals surface area contributed by atoms with Gasteiger partial charge in [-0.15, -0.1) is 11.3 Å². The fourth-order valence-corrected chi connectivity index (χ4v) is 4.54. The average molecular weight is 510 g/mol. The molecule has 5 nitrogen and oxygen atoms in total. The molecule has 27 heavy (non-hydrogen) atoms. The van der Waals surface area contributed by atoms with Crippen molar-refractivity contribution in [1.29, 1.82) is 0 Å². The lowest BCUT2D eigenvalue weighted by molar-refractivity contribution is 0.0767. The minimum Gasteiger partial charge on any atom is -0.330 e. The quantitative estimate of drug-likeness (QED) is 0.514. The van der Waals surface area contributed by atoms with E-state index in [1.807, 2.05) is 24.3 Å². The molecule has 0 radical (unpaired) electrons. The number of hydrogen-bond donors (Lipinski definition) is 1. The summed E-state index contributed by atoms with van der Waals surface area (Å²) in [4.78, 5) is 31.8. The Morgan fingerprint density at radius 3 is 2.89 bits per heavy atom. The molecule has 0 saturated heterocycles. The van der Waals surface area contributed by atoms with E-state index in [1.165, 1.54) is 11.3 Å². The van der Waals surface area contributed by atoms with Gasteiger partial charge in [0.1, 0.15) is 5.82 Å². The number of fused-ring (bicyclic) bond motifs is 1. The lowest BCUT2D eigenvalue weighted by Gasteiger charge is -2.16. The number of amides is 2. The highest BCUT2D eigenvalue weighted by molar-refractivity contribution is 14.1. The number of aromatic nitrogens is 1. The molecule has 1 N–H and O–H groups in total. The summed E-state index contributed by atoms with van der Waals surface area (Å²) in [5, 5.41) is 2.75. The molecule has 1 aliphatic heterocycles. The molecule has 3 aromatic rings. The number of nitrogens with one attached hydrogen (secondary N) is 1. The Morgan fingerprint density at radius 1 is 1.30 bits per heavy atom. The van der Waals surface area contributed by atoms with Crippen molar-refractivity contribution in [2.75, 3.05) is 5.32 Å².